The second kappa shape index (κ2) is 6.89. The lowest BCUT2D eigenvalue weighted by Gasteiger charge is -2.00. The molecule has 0 bridgehead atoms. The molecule has 1 aromatic carbocycles. The molecule has 8 heteroatoms. The molecular formula is C14H15N5OS2. The van der Waals surface area contributed by atoms with Crippen LogP contribution in [0.25, 0.3) is 10.6 Å². The maximum Gasteiger partial charge on any atom is 0.209 e. The highest BCUT2D eigenvalue weighted by Crippen LogP contribution is 2.28. The largest absolute Gasteiger partial charge is 0.497 e. The van der Waals surface area contributed by atoms with Gasteiger partial charge in [0.25, 0.3) is 0 Å². The van der Waals surface area contributed by atoms with Crippen molar-refractivity contribution in [3.8, 4) is 16.3 Å². The van der Waals surface area contributed by atoms with Crippen LogP contribution >= 0.6 is 23.1 Å². The van der Waals surface area contributed by atoms with E-state index in [2.05, 4.69) is 25.9 Å². The monoisotopic (exact) mass is 333 g/mol. The van der Waals surface area contributed by atoms with Gasteiger partial charge in [0.05, 0.1) is 12.8 Å². The first kappa shape index (κ1) is 15.0. The Labute approximate surface area is 136 Å². The molecule has 0 aliphatic rings. The van der Waals surface area contributed by atoms with Gasteiger partial charge in [0.2, 0.25) is 5.16 Å². The Kier molecular flexibility index (Phi) is 4.69. The third-order valence-electron chi connectivity index (χ3n) is 3.04. The summed E-state index contributed by atoms with van der Waals surface area (Å²) in [5, 5.41) is 15.5. The molecule has 0 saturated heterocycles. The number of methoxy groups -OCH3 is 1. The van der Waals surface area contributed by atoms with Gasteiger partial charge in [0.1, 0.15) is 10.8 Å². The molecule has 22 heavy (non-hydrogen) atoms. The summed E-state index contributed by atoms with van der Waals surface area (Å²) in [5.74, 6) is 1.61. The SMILES string of the molecule is CCn1nnnc1SCc1csc(-c2ccc(OC)cc2)n1. The van der Waals surface area contributed by atoms with Gasteiger partial charge in [-0.2, -0.15) is 0 Å². The number of benzene rings is 1. The van der Waals surface area contributed by atoms with E-state index in [0.29, 0.717) is 0 Å². The number of rotatable bonds is 6. The van der Waals surface area contributed by atoms with Crippen molar-refractivity contribution < 1.29 is 4.74 Å². The average molecular weight is 333 g/mol. The van der Waals surface area contributed by atoms with Gasteiger partial charge in [-0.25, -0.2) is 9.67 Å². The fraction of sp³-hybridized carbons (Fsp3) is 0.286. The number of hydrogen-bond acceptors (Lipinski definition) is 7. The lowest BCUT2D eigenvalue weighted by atomic mass is 10.2. The zero-order valence-electron chi connectivity index (χ0n) is 12.3. The third kappa shape index (κ3) is 3.28. The minimum atomic E-state index is 0.757. The molecule has 0 spiro atoms. The minimum absolute atomic E-state index is 0.757. The molecule has 0 aliphatic heterocycles. The molecule has 0 saturated carbocycles. The van der Waals surface area contributed by atoms with E-state index in [1.165, 1.54) is 0 Å². The highest BCUT2D eigenvalue weighted by Gasteiger charge is 2.09. The number of tetrazole rings is 1. The normalized spacial score (nSPS) is 10.8. The third-order valence-corrected chi connectivity index (χ3v) is 4.97. The van der Waals surface area contributed by atoms with E-state index >= 15 is 0 Å². The van der Waals surface area contributed by atoms with E-state index in [9.17, 15) is 0 Å². The van der Waals surface area contributed by atoms with Crippen LogP contribution in [0.15, 0.2) is 34.8 Å². The minimum Gasteiger partial charge on any atom is -0.497 e. The van der Waals surface area contributed by atoms with Crippen molar-refractivity contribution in [1.29, 1.82) is 0 Å². The summed E-state index contributed by atoms with van der Waals surface area (Å²) in [6.45, 7) is 2.79. The molecule has 3 rings (SSSR count). The number of thioether (sulfide) groups is 1. The van der Waals surface area contributed by atoms with Crippen molar-refractivity contribution in [3.05, 3.63) is 35.3 Å². The number of ether oxygens (including phenoxy) is 1. The molecule has 114 valence electrons. The molecule has 2 heterocycles. The average Bonchev–Trinajstić information content (AvgIpc) is 3.21. The highest BCUT2D eigenvalue weighted by molar-refractivity contribution is 7.98. The number of thiazole rings is 1. The fourth-order valence-corrected chi connectivity index (χ4v) is 3.64. The standard InChI is InChI=1S/C14H15N5OS2/c1-3-19-14(16-17-18-19)22-9-11-8-21-13(15-11)10-4-6-12(20-2)7-5-10/h4-8H,3,9H2,1-2H3. The van der Waals surface area contributed by atoms with Gasteiger partial charge in [-0.05, 0) is 41.6 Å². The topological polar surface area (TPSA) is 65.7 Å². The maximum atomic E-state index is 5.17. The summed E-state index contributed by atoms with van der Waals surface area (Å²) < 4.78 is 6.95. The van der Waals surface area contributed by atoms with Gasteiger partial charge in [-0.15, -0.1) is 16.4 Å². The summed E-state index contributed by atoms with van der Waals surface area (Å²) in [7, 11) is 1.66. The molecule has 0 unspecified atom stereocenters. The lowest BCUT2D eigenvalue weighted by molar-refractivity contribution is 0.415. The van der Waals surface area contributed by atoms with Gasteiger partial charge in [0, 0.05) is 23.2 Å². The van der Waals surface area contributed by atoms with Gasteiger partial charge in [0.15, 0.2) is 0 Å². The van der Waals surface area contributed by atoms with E-state index in [1.54, 1.807) is 34.9 Å². The first-order valence-corrected chi connectivity index (χ1v) is 8.64. The van der Waals surface area contributed by atoms with Gasteiger partial charge >= 0.3 is 0 Å². The molecule has 0 aliphatic carbocycles. The first-order chi connectivity index (χ1) is 10.8. The summed E-state index contributed by atoms with van der Waals surface area (Å²) in [6, 6.07) is 7.93. The van der Waals surface area contributed by atoms with Crippen molar-refractivity contribution in [2.45, 2.75) is 24.4 Å². The predicted molar refractivity (Wildman–Crippen MR) is 87.2 cm³/mol. The second-order valence-electron chi connectivity index (χ2n) is 4.44. The maximum absolute atomic E-state index is 5.17. The van der Waals surface area contributed by atoms with Crippen molar-refractivity contribution in [1.82, 2.24) is 25.2 Å². The van der Waals surface area contributed by atoms with Crippen molar-refractivity contribution in [2.75, 3.05) is 7.11 Å². The molecule has 0 N–H and O–H groups in total. The molecule has 0 atom stereocenters. The Balaban J connectivity index is 1.68. The Hall–Kier alpha value is -1.93. The van der Waals surface area contributed by atoms with Crippen LogP contribution < -0.4 is 4.74 Å². The Morgan fingerprint density at radius 1 is 1.27 bits per heavy atom. The summed E-state index contributed by atoms with van der Waals surface area (Å²) in [4.78, 5) is 4.67. The van der Waals surface area contributed by atoms with E-state index in [1.807, 2.05) is 31.2 Å². The first-order valence-electron chi connectivity index (χ1n) is 6.78. The molecule has 6 nitrogen and oxygen atoms in total. The fourth-order valence-electron chi connectivity index (χ4n) is 1.88. The van der Waals surface area contributed by atoms with Gasteiger partial charge in [-0.1, -0.05) is 11.8 Å². The highest BCUT2D eigenvalue weighted by atomic mass is 32.2. The van der Waals surface area contributed by atoms with E-state index < -0.39 is 0 Å². The zero-order chi connectivity index (χ0) is 15.4. The molecule has 2 aromatic heterocycles. The number of nitrogens with zero attached hydrogens (tertiary/aromatic N) is 5. The van der Waals surface area contributed by atoms with Gasteiger partial charge in [-0.3, -0.25) is 0 Å². The summed E-state index contributed by atoms with van der Waals surface area (Å²) >= 11 is 3.24. The number of hydrogen-bond donors (Lipinski definition) is 0. The molecule has 3 aromatic rings. The van der Waals surface area contributed by atoms with Crippen LogP contribution in [0, 0.1) is 0 Å². The van der Waals surface area contributed by atoms with Crippen LogP contribution in [0.4, 0.5) is 0 Å². The van der Waals surface area contributed by atoms with Crippen LogP contribution in [0.2, 0.25) is 0 Å². The second-order valence-corrected chi connectivity index (χ2v) is 6.24. The van der Waals surface area contributed by atoms with Crippen molar-refractivity contribution in [2.24, 2.45) is 0 Å². The molecule has 0 amide bonds. The van der Waals surface area contributed by atoms with Crippen LogP contribution in [-0.2, 0) is 12.3 Å². The lowest BCUT2D eigenvalue weighted by Crippen LogP contribution is -1.98. The Bertz CT molecular complexity index is 738. The molecule has 0 fully saturated rings. The molecular weight excluding hydrogens is 318 g/mol. The zero-order valence-corrected chi connectivity index (χ0v) is 13.9. The van der Waals surface area contributed by atoms with E-state index in [-0.39, 0.29) is 0 Å². The van der Waals surface area contributed by atoms with Crippen LogP contribution in [-0.4, -0.2) is 32.3 Å². The molecule has 0 radical (unpaired) electrons. The summed E-state index contributed by atoms with van der Waals surface area (Å²) in [6.07, 6.45) is 0. The van der Waals surface area contributed by atoms with Crippen molar-refractivity contribution >= 4 is 23.1 Å². The Morgan fingerprint density at radius 2 is 2.09 bits per heavy atom. The van der Waals surface area contributed by atoms with E-state index in [0.717, 1.165) is 39.5 Å². The van der Waals surface area contributed by atoms with Crippen LogP contribution in [0.3, 0.4) is 0 Å². The van der Waals surface area contributed by atoms with Crippen LogP contribution in [0.1, 0.15) is 12.6 Å². The Morgan fingerprint density at radius 3 is 2.82 bits per heavy atom. The quantitative estimate of drug-likeness (QED) is 0.646. The van der Waals surface area contributed by atoms with E-state index in [4.69, 9.17) is 4.74 Å². The summed E-state index contributed by atoms with van der Waals surface area (Å²) in [5.41, 5.74) is 2.13. The smallest absolute Gasteiger partial charge is 0.209 e. The number of aryl methyl sites for hydroxylation is 1. The number of aromatic nitrogens is 5. The predicted octanol–water partition coefficient (Wildman–Crippen LogP) is 3.12. The van der Waals surface area contributed by atoms with Crippen LogP contribution in [0.5, 0.6) is 5.75 Å². The van der Waals surface area contributed by atoms with Crippen molar-refractivity contribution in [3.63, 3.8) is 0 Å². The van der Waals surface area contributed by atoms with Gasteiger partial charge < -0.3 is 4.74 Å².